The molecule has 0 atom stereocenters. The van der Waals surface area contributed by atoms with Gasteiger partial charge in [0, 0.05) is 18.3 Å². The third-order valence-electron chi connectivity index (χ3n) is 4.14. The van der Waals surface area contributed by atoms with Crippen molar-refractivity contribution in [1.82, 2.24) is 14.9 Å². The van der Waals surface area contributed by atoms with E-state index in [-0.39, 0.29) is 5.91 Å². The number of nitrogens with one attached hydrogen (secondary N) is 2. The molecule has 6 heteroatoms. The molecule has 2 rings (SSSR count). The van der Waals surface area contributed by atoms with Gasteiger partial charge in [0.15, 0.2) is 0 Å². The molecule has 0 saturated carbocycles. The molecule has 1 heterocycles. The van der Waals surface area contributed by atoms with Crippen molar-refractivity contribution < 1.29 is 4.79 Å². The second-order valence-electron chi connectivity index (χ2n) is 6.69. The van der Waals surface area contributed by atoms with Gasteiger partial charge in [-0.15, -0.1) is 0 Å². The Balaban J connectivity index is 2.12. The van der Waals surface area contributed by atoms with Crippen molar-refractivity contribution in [3.8, 4) is 0 Å². The first kappa shape index (κ1) is 19.8. The van der Waals surface area contributed by atoms with E-state index in [1.165, 1.54) is 0 Å². The van der Waals surface area contributed by atoms with Crippen molar-refractivity contribution in [2.24, 2.45) is 0 Å². The van der Waals surface area contributed by atoms with Crippen LogP contribution in [0, 0.1) is 13.8 Å². The Morgan fingerprint density at radius 2 is 1.96 bits per heavy atom. The fraction of sp³-hybridized carbons (Fsp3) is 0.450. The zero-order chi connectivity index (χ0) is 19.1. The number of anilines is 2. The molecule has 0 bridgehead atoms. The van der Waals surface area contributed by atoms with Crippen LogP contribution in [0.1, 0.15) is 40.8 Å². The van der Waals surface area contributed by atoms with Crippen LogP contribution >= 0.6 is 0 Å². The second kappa shape index (κ2) is 9.29. The van der Waals surface area contributed by atoms with Crippen molar-refractivity contribution in [1.29, 1.82) is 0 Å². The van der Waals surface area contributed by atoms with Crippen LogP contribution in [0.4, 0.5) is 11.5 Å². The van der Waals surface area contributed by atoms with Crippen LogP contribution < -0.4 is 10.6 Å². The van der Waals surface area contributed by atoms with Crippen LogP contribution in [-0.2, 0) is 6.42 Å². The standard InChI is InChI=1S/C20H29N5O/c1-6-16-10-7-9-14(2)19(16)24-20(26)17-13-18(23-15(3)22-17)21-11-8-12-25(4)5/h7,9-10,13H,6,8,11-12H2,1-5H3,(H,24,26)(H,21,22,23). The van der Waals surface area contributed by atoms with Gasteiger partial charge in [-0.2, -0.15) is 0 Å². The summed E-state index contributed by atoms with van der Waals surface area (Å²) in [5.41, 5.74) is 3.41. The van der Waals surface area contributed by atoms with E-state index in [1.807, 2.05) is 39.2 Å². The van der Waals surface area contributed by atoms with Gasteiger partial charge in [-0.25, -0.2) is 9.97 Å². The summed E-state index contributed by atoms with van der Waals surface area (Å²) in [6.07, 6.45) is 1.86. The molecule has 1 aromatic carbocycles. The first-order valence-electron chi connectivity index (χ1n) is 9.04. The van der Waals surface area contributed by atoms with Crippen molar-refractivity contribution in [2.75, 3.05) is 37.8 Å². The van der Waals surface area contributed by atoms with Crippen molar-refractivity contribution in [3.63, 3.8) is 0 Å². The Morgan fingerprint density at radius 3 is 2.65 bits per heavy atom. The van der Waals surface area contributed by atoms with Gasteiger partial charge in [-0.3, -0.25) is 4.79 Å². The van der Waals surface area contributed by atoms with E-state index in [0.29, 0.717) is 17.3 Å². The molecule has 1 aromatic heterocycles. The summed E-state index contributed by atoms with van der Waals surface area (Å²) in [7, 11) is 4.10. The average molecular weight is 355 g/mol. The predicted octanol–water partition coefficient (Wildman–Crippen LogP) is 3.27. The van der Waals surface area contributed by atoms with Crippen molar-refractivity contribution in [3.05, 3.63) is 46.9 Å². The monoisotopic (exact) mass is 355 g/mol. The van der Waals surface area contributed by atoms with Crippen molar-refractivity contribution in [2.45, 2.75) is 33.6 Å². The molecule has 0 fully saturated rings. The lowest BCUT2D eigenvalue weighted by Crippen LogP contribution is -2.19. The molecule has 2 aromatic rings. The molecule has 140 valence electrons. The SMILES string of the molecule is CCc1cccc(C)c1NC(=O)c1cc(NCCCN(C)C)nc(C)n1. The van der Waals surface area contributed by atoms with E-state index in [0.717, 1.165) is 42.7 Å². The maximum Gasteiger partial charge on any atom is 0.274 e. The van der Waals surface area contributed by atoms with Crippen LogP contribution in [0.2, 0.25) is 0 Å². The van der Waals surface area contributed by atoms with Gasteiger partial charge >= 0.3 is 0 Å². The molecule has 0 spiro atoms. The lowest BCUT2D eigenvalue weighted by Gasteiger charge is -2.14. The molecule has 0 unspecified atom stereocenters. The van der Waals surface area contributed by atoms with Gasteiger partial charge in [0.1, 0.15) is 17.3 Å². The number of aromatic nitrogens is 2. The van der Waals surface area contributed by atoms with Crippen LogP contribution in [-0.4, -0.2) is 48.0 Å². The number of benzene rings is 1. The number of amides is 1. The quantitative estimate of drug-likeness (QED) is 0.711. The summed E-state index contributed by atoms with van der Waals surface area (Å²) >= 11 is 0. The third-order valence-corrected chi connectivity index (χ3v) is 4.14. The highest BCUT2D eigenvalue weighted by Gasteiger charge is 2.14. The van der Waals surface area contributed by atoms with Gasteiger partial charge in [-0.1, -0.05) is 25.1 Å². The number of hydrogen-bond acceptors (Lipinski definition) is 5. The highest BCUT2D eigenvalue weighted by molar-refractivity contribution is 6.04. The van der Waals surface area contributed by atoms with Gasteiger partial charge in [-0.05, 0) is 58.5 Å². The zero-order valence-electron chi connectivity index (χ0n) is 16.4. The van der Waals surface area contributed by atoms with Crippen LogP contribution in [0.15, 0.2) is 24.3 Å². The second-order valence-corrected chi connectivity index (χ2v) is 6.69. The number of carbonyl (C=O) groups excluding carboxylic acids is 1. The molecule has 0 aliphatic heterocycles. The third kappa shape index (κ3) is 5.52. The fourth-order valence-electron chi connectivity index (χ4n) is 2.77. The number of nitrogens with zero attached hydrogens (tertiary/aromatic N) is 3. The zero-order valence-corrected chi connectivity index (χ0v) is 16.4. The summed E-state index contributed by atoms with van der Waals surface area (Å²) in [6, 6.07) is 7.75. The Morgan fingerprint density at radius 1 is 1.19 bits per heavy atom. The Bertz CT molecular complexity index is 758. The summed E-state index contributed by atoms with van der Waals surface area (Å²) in [5.74, 6) is 1.05. The van der Waals surface area contributed by atoms with E-state index in [2.05, 4.69) is 32.4 Å². The minimum absolute atomic E-state index is 0.212. The molecule has 0 radical (unpaired) electrons. The molecular formula is C20H29N5O. The molecule has 6 nitrogen and oxygen atoms in total. The largest absolute Gasteiger partial charge is 0.370 e. The Labute approximate surface area is 156 Å². The van der Waals surface area contributed by atoms with E-state index in [1.54, 1.807) is 13.0 Å². The molecule has 0 saturated heterocycles. The van der Waals surface area contributed by atoms with Gasteiger partial charge in [0.2, 0.25) is 0 Å². The first-order valence-corrected chi connectivity index (χ1v) is 9.04. The number of para-hydroxylation sites is 1. The van der Waals surface area contributed by atoms with Crippen LogP contribution in [0.5, 0.6) is 0 Å². The molecule has 26 heavy (non-hydrogen) atoms. The van der Waals surface area contributed by atoms with E-state index in [9.17, 15) is 4.79 Å². The smallest absolute Gasteiger partial charge is 0.274 e. The van der Waals surface area contributed by atoms with E-state index >= 15 is 0 Å². The Hall–Kier alpha value is -2.47. The van der Waals surface area contributed by atoms with E-state index < -0.39 is 0 Å². The molecule has 1 amide bonds. The molecule has 0 aliphatic rings. The minimum atomic E-state index is -0.212. The molecular weight excluding hydrogens is 326 g/mol. The van der Waals surface area contributed by atoms with Gasteiger partial charge < -0.3 is 15.5 Å². The van der Waals surface area contributed by atoms with Gasteiger partial charge in [0.05, 0.1) is 0 Å². The highest BCUT2D eigenvalue weighted by atomic mass is 16.1. The summed E-state index contributed by atoms with van der Waals surface area (Å²) in [6.45, 7) is 7.67. The van der Waals surface area contributed by atoms with Gasteiger partial charge in [0.25, 0.3) is 5.91 Å². The number of aryl methyl sites for hydroxylation is 3. The number of rotatable bonds is 8. The van der Waals surface area contributed by atoms with Crippen LogP contribution in [0.25, 0.3) is 0 Å². The summed E-state index contributed by atoms with van der Waals surface area (Å²) < 4.78 is 0. The van der Waals surface area contributed by atoms with Crippen molar-refractivity contribution >= 4 is 17.4 Å². The number of hydrogen-bond donors (Lipinski definition) is 2. The maximum atomic E-state index is 12.7. The molecule has 2 N–H and O–H groups in total. The van der Waals surface area contributed by atoms with E-state index in [4.69, 9.17) is 0 Å². The Kier molecular flexibility index (Phi) is 7.09. The highest BCUT2D eigenvalue weighted by Crippen LogP contribution is 2.22. The minimum Gasteiger partial charge on any atom is -0.370 e. The van der Waals surface area contributed by atoms with Crippen LogP contribution in [0.3, 0.4) is 0 Å². The predicted molar refractivity (Wildman–Crippen MR) is 107 cm³/mol. The summed E-state index contributed by atoms with van der Waals surface area (Å²) in [4.78, 5) is 23.5. The summed E-state index contributed by atoms with van der Waals surface area (Å²) in [5, 5.41) is 6.30. The normalized spacial score (nSPS) is 10.8. The number of carbonyl (C=O) groups is 1. The lowest BCUT2D eigenvalue weighted by atomic mass is 10.1. The molecule has 0 aliphatic carbocycles. The fourth-order valence-corrected chi connectivity index (χ4v) is 2.77. The first-order chi connectivity index (χ1) is 12.4. The maximum absolute atomic E-state index is 12.7. The lowest BCUT2D eigenvalue weighted by molar-refractivity contribution is 0.102. The topological polar surface area (TPSA) is 70.2 Å². The average Bonchev–Trinajstić information content (AvgIpc) is 2.59.